The van der Waals surface area contributed by atoms with E-state index < -0.39 is 0 Å². The van der Waals surface area contributed by atoms with E-state index in [0.29, 0.717) is 12.8 Å². The van der Waals surface area contributed by atoms with E-state index in [2.05, 4.69) is 31.3 Å². The number of alkyl carbamates (subject to hydrolysis) is 1. The van der Waals surface area contributed by atoms with Gasteiger partial charge in [-0.15, -0.1) is 0 Å². The molecule has 0 aliphatic heterocycles. The molecule has 0 aromatic heterocycles. The lowest BCUT2D eigenvalue weighted by Gasteiger charge is -2.36. The second kappa shape index (κ2) is 9.21. The van der Waals surface area contributed by atoms with E-state index in [1.807, 2.05) is 45.0 Å². The minimum absolute atomic E-state index is 0.0671. The summed E-state index contributed by atoms with van der Waals surface area (Å²) in [5.74, 6) is 1.12. The van der Waals surface area contributed by atoms with Crippen molar-refractivity contribution < 1.29 is 19.4 Å². The van der Waals surface area contributed by atoms with Gasteiger partial charge in [-0.3, -0.25) is 0 Å². The molecule has 2 aromatic carbocycles. The number of carbonyl (C=O) groups excluding carboxylic acids is 1. The van der Waals surface area contributed by atoms with Crippen LogP contribution in [0.4, 0.5) is 4.79 Å². The van der Waals surface area contributed by atoms with Gasteiger partial charge in [-0.25, -0.2) is 4.79 Å². The van der Waals surface area contributed by atoms with Crippen LogP contribution < -0.4 is 10.1 Å². The number of hydrogen-bond acceptors (Lipinski definition) is 4. The first-order chi connectivity index (χ1) is 14.6. The van der Waals surface area contributed by atoms with Crippen LogP contribution in [-0.4, -0.2) is 28.9 Å². The molecule has 5 heteroatoms. The number of ether oxygens (including phenoxy) is 2. The normalized spacial score (nSPS) is 18.7. The van der Waals surface area contributed by atoms with Crippen molar-refractivity contribution in [3.8, 4) is 11.5 Å². The molecule has 0 atom stereocenters. The molecule has 2 aromatic rings. The maximum Gasteiger partial charge on any atom is 0.407 e. The Morgan fingerprint density at radius 2 is 1.45 bits per heavy atom. The highest BCUT2D eigenvalue weighted by molar-refractivity contribution is 5.68. The molecule has 1 amide bonds. The average molecular weight is 426 g/mol. The summed E-state index contributed by atoms with van der Waals surface area (Å²) in [6.45, 7) is 10.2. The number of nitrogens with one attached hydrogen (secondary N) is 1. The van der Waals surface area contributed by atoms with E-state index in [-0.39, 0.29) is 35.0 Å². The number of amides is 1. The zero-order valence-electron chi connectivity index (χ0n) is 19.3. The van der Waals surface area contributed by atoms with Crippen molar-refractivity contribution in [2.75, 3.05) is 0 Å². The molecule has 0 saturated heterocycles. The minimum atomic E-state index is -0.370. The molecular formula is C26H35NO4. The first-order valence-corrected chi connectivity index (χ1v) is 11.2. The summed E-state index contributed by atoms with van der Waals surface area (Å²) in [4.78, 5) is 11.9. The topological polar surface area (TPSA) is 67.8 Å². The molecule has 1 saturated carbocycles. The van der Waals surface area contributed by atoms with Crippen molar-refractivity contribution in [1.82, 2.24) is 5.32 Å². The molecule has 1 aliphatic rings. The second-order valence-corrected chi connectivity index (χ2v) is 9.47. The number of rotatable bonds is 7. The number of phenolic OH excluding ortho intramolecular Hbond substituents is 1. The molecule has 168 valence electrons. The smallest absolute Gasteiger partial charge is 0.407 e. The fourth-order valence-corrected chi connectivity index (χ4v) is 4.26. The minimum Gasteiger partial charge on any atom is -0.508 e. The van der Waals surface area contributed by atoms with Gasteiger partial charge in [-0.05, 0) is 69.0 Å². The molecule has 0 unspecified atom stereocenters. The van der Waals surface area contributed by atoms with E-state index in [0.717, 1.165) is 18.6 Å². The van der Waals surface area contributed by atoms with E-state index in [1.54, 1.807) is 12.1 Å². The van der Waals surface area contributed by atoms with Crippen molar-refractivity contribution in [2.24, 2.45) is 0 Å². The van der Waals surface area contributed by atoms with Crippen molar-refractivity contribution in [3.05, 3.63) is 59.7 Å². The summed E-state index contributed by atoms with van der Waals surface area (Å²) < 4.78 is 11.5. The van der Waals surface area contributed by atoms with E-state index in [1.165, 1.54) is 11.1 Å². The van der Waals surface area contributed by atoms with E-state index >= 15 is 0 Å². The Kier molecular flexibility index (Phi) is 6.83. The van der Waals surface area contributed by atoms with Gasteiger partial charge < -0.3 is 19.9 Å². The third-order valence-electron chi connectivity index (χ3n) is 6.14. The van der Waals surface area contributed by atoms with Crippen LogP contribution in [-0.2, 0) is 10.2 Å². The second-order valence-electron chi connectivity index (χ2n) is 9.47. The summed E-state index contributed by atoms with van der Waals surface area (Å²) in [5, 5.41) is 12.5. The zero-order chi connectivity index (χ0) is 22.6. The van der Waals surface area contributed by atoms with Gasteiger partial charge in [-0.2, -0.15) is 0 Å². The van der Waals surface area contributed by atoms with Gasteiger partial charge in [0.1, 0.15) is 23.7 Å². The average Bonchev–Trinajstić information content (AvgIpc) is 2.68. The SMILES string of the molecule is CCC(CC)(c1ccc(O)cc1)c1ccc(OC2CC(OC(=O)NC(C)(C)C)C2)cc1. The lowest BCUT2D eigenvalue weighted by atomic mass is 9.70. The van der Waals surface area contributed by atoms with Crippen LogP contribution in [0, 0.1) is 0 Å². The van der Waals surface area contributed by atoms with Gasteiger partial charge in [0.05, 0.1) is 0 Å². The predicted octanol–water partition coefficient (Wildman–Crippen LogP) is 5.93. The lowest BCUT2D eigenvalue weighted by Crippen LogP contribution is -2.46. The van der Waals surface area contributed by atoms with E-state index in [9.17, 15) is 9.90 Å². The molecule has 1 aliphatic carbocycles. The molecule has 2 N–H and O–H groups in total. The summed E-state index contributed by atoms with van der Waals surface area (Å²) in [5.41, 5.74) is 2.05. The largest absolute Gasteiger partial charge is 0.508 e. The number of carbonyl (C=O) groups is 1. The Morgan fingerprint density at radius 3 is 1.94 bits per heavy atom. The summed E-state index contributed by atoms with van der Waals surface area (Å²) in [7, 11) is 0. The fourth-order valence-electron chi connectivity index (χ4n) is 4.26. The third kappa shape index (κ3) is 5.52. The van der Waals surface area contributed by atoms with Crippen LogP contribution in [0.2, 0.25) is 0 Å². The lowest BCUT2D eigenvalue weighted by molar-refractivity contribution is -0.0243. The Balaban J connectivity index is 1.59. The Morgan fingerprint density at radius 1 is 0.935 bits per heavy atom. The highest BCUT2D eigenvalue weighted by atomic mass is 16.6. The maximum atomic E-state index is 11.9. The van der Waals surface area contributed by atoms with Crippen LogP contribution in [0.5, 0.6) is 11.5 Å². The molecular weight excluding hydrogens is 390 g/mol. The number of benzene rings is 2. The maximum absolute atomic E-state index is 11.9. The molecule has 0 bridgehead atoms. The van der Waals surface area contributed by atoms with Gasteiger partial charge in [0.2, 0.25) is 0 Å². The molecule has 31 heavy (non-hydrogen) atoms. The Hall–Kier alpha value is -2.69. The van der Waals surface area contributed by atoms with Gasteiger partial charge in [0.15, 0.2) is 0 Å². The van der Waals surface area contributed by atoms with Crippen LogP contribution in [0.3, 0.4) is 0 Å². The highest BCUT2D eigenvalue weighted by Crippen LogP contribution is 2.40. The van der Waals surface area contributed by atoms with Gasteiger partial charge in [0.25, 0.3) is 0 Å². The fraction of sp³-hybridized carbons (Fsp3) is 0.500. The van der Waals surface area contributed by atoms with Crippen molar-refractivity contribution >= 4 is 6.09 Å². The monoisotopic (exact) mass is 425 g/mol. The van der Waals surface area contributed by atoms with Crippen LogP contribution >= 0.6 is 0 Å². The number of aromatic hydroxyl groups is 1. The molecule has 3 rings (SSSR count). The van der Waals surface area contributed by atoms with Crippen molar-refractivity contribution in [1.29, 1.82) is 0 Å². The molecule has 0 heterocycles. The molecule has 1 fully saturated rings. The Bertz CT molecular complexity index is 858. The molecule has 5 nitrogen and oxygen atoms in total. The number of hydrogen-bond donors (Lipinski definition) is 2. The first-order valence-electron chi connectivity index (χ1n) is 11.2. The molecule has 0 spiro atoms. The van der Waals surface area contributed by atoms with Crippen LogP contribution in [0.1, 0.15) is 71.4 Å². The summed E-state index contributed by atoms with van der Waals surface area (Å²) in [6.07, 6.45) is 2.96. The third-order valence-corrected chi connectivity index (χ3v) is 6.14. The van der Waals surface area contributed by atoms with Crippen molar-refractivity contribution in [2.45, 2.75) is 83.5 Å². The van der Waals surface area contributed by atoms with Gasteiger partial charge >= 0.3 is 6.09 Å². The van der Waals surface area contributed by atoms with E-state index in [4.69, 9.17) is 9.47 Å². The summed E-state index contributed by atoms with van der Waals surface area (Å²) in [6, 6.07) is 15.9. The van der Waals surface area contributed by atoms with Crippen LogP contribution in [0.25, 0.3) is 0 Å². The first kappa shape index (κ1) is 23.0. The highest BCUT2D eigenvalue weighted by Gasteiger charge is 2.35. The van der Waals surface area contributed by atoms with Gasteiger partial charge in [0, 0.05) is 23.8 Å². The predicted molar refractivity (Wildman–Crippen MR) is 123 cm³/mol. The van der Waals surface area contributed by atoms with Gasteiger partial charge in [-0.1, -0.05) is 38.1 Å². The number of phenols is 1. The standard InChI is InChI=1S/C26H35NO4/c1-6-26(7-2,18-8-12-20(28)13-9-18)19-10-14-21(15-11-19)30-22-16-23(17-22)31-24(29)27-25(3,4)5/h8-15,22-23,28H,6-7,16-17H2,1-5H3,(H,27,29). The van der Waals surface area contributed by atoms with Crippen molar-refractivity contribution in [3.63, 3.8) is 0 Å². The zero-order valence-corrected chi connectivity index (χ0v) is 19.3. The quantitative estimate of drug-likeness (QED) is 0.577. The summed E-state index contributed by atoms with van der Waals surface area (Å²) >= 11 is 0. The van der Waals surface area contributed by atoms with Crippen LogP contribution in [0.15, 0.2) is 48.5 Å². The molecule has 0 radical (unpaired) electrons. The Labute approximate surface area is 185 Å².